The van der Waals surface area contributed by atoms with Gasteiger partial charge in [-0.3, -0.25) is 14.9 Å². The molecule has 0 unspecified atom stereocenters. The van der Waals surface area contributed by atoms with Crippen molar-refractivity contribution in [1.29, 1.82) is 0 Å². The second-order valence-electron chi connectivity index (χ2n) is 7.02. The lowest BCUT2D eigenvalue weighted by molar-refractivity contribution is -0.137. The molecule has 0 bridgehead atoms. The third-order valence-corrected chi connectivity index (χ3v) is 5.46. The van der Waals surface area contributed by atoms with Crippen LogP contribution in [0, 0.1) is 0 Å². The lowest BCUT2D eigenvalue weighted by atomic mass is 10.1. The fourth-order valence-corrected chi connectivity index (χ4v) is 3.90. The van der Waals surface area contributed by atoms with Gasteiger partial charge in [0.25, 0.3) is 11.8 Å². The molecule has 0 aliphatic heterocycles. The number of ether oxygens (including phenoxy) is 1. The number of carbonyl (C=O) groups is 2. The minimum absolute atomic E-state index is 0.0193. The Morgan fingerprint density at radius 2 is 1.74 bits per heavy atom. The number of carbonyl (C=O) groups excluding carboxylic acids is 2. The van der Waals surface area contributed by atoms with E-state index in [1.54, 1.807) is 30.3 Å². The number of fused-ring (bicyclic) bond motifs is 1. The normalized spacial score (nSPS) is 11.3. The number of aromatic nitrogens is 1. The van der Waals surface area contributed by atoms with E-state index in [9.17, 15) is 22.8 Å². The van der Waals surface area contributed by atoms with Crippen LogP contribution in [0.1, 0.15) is 15.9 Å². The van der Waals surface area contributed by atoms with Gasteiger partial charge in [0.05, 0.1) is 15.8 Å². The van der Waals surface area contributed by atoms with Crippen LogP contribution in [0.15, 0.2) is 66.7 Å². The van der Waals surface area contributed by atoms with Crippen molar-refractivity contribution in [3.05, 3.63) is 77.9 Å². The van der Waals surface area contributed by atoms with Crippen molar-refractivity contribution in [3.8, 4) is 11.5 Å². The largest absolute Gasteiger partial charge is 0.457 e. The molecular weight excluding hydrogens is 471 g/mol. The Morgan fingerprint density at radius 3 is 2.50 bits per heavy atom. The lowest BCUT2D eigenvalue weighted by Crippen LogP contribution is -2.14. The Bertz CT molecular complexity index is 1370. The number of hydrogen-bond acceptors (Lipinski definition) is 6. The smallest absolute Gasteiger partial charge is 0.416 e. The van der Waals surface area contributed by atoms with Crippen molar-refractivity contribution in [2.24, 2.45) is 0 Å². The van der Waals surface area contributed by atoms with Crippen LogP contribution in [0.4, 0.5) is 24.0 Å². The van der Waals surface area contributed by atoms with Gasteiger partial charge in [-0.15, -0.1) is 0 Å². The summed E-state index contributed by atoms with van der Waals surface area (Å²) in [6.07, 6.45) is -4.52. The summed E-state index contributed by atoms with van der Waals surface area (Å²) in [5.74, 6) is -0.372. The number of alkyl halides is 3. The Balaban J connectivity index is 1.48. The van der Waals surface area contributed by atoms with E-state index in [0.29, 0.717) is 22.1 Å². The van der Waals surface area contributed by atoms with E-state index in [1.807, 2.05) is 0 Å². The third kappa shape index (κ3) is 5.50. The molecule has 34 heavy (non-hydrogen) atoms. The highest BCUT2D eigenvalue weighted by Gasteiger charge is 2.30. The first-order valence-electron chi connectivity index (χ1n) is 9.79. The molecule has 0 atom stereocenters. The number of amides is 2. The van der Waals surface area contributed by atoms with Gasteiger partial charge in [0.15, 0.2) is 5.13 Å². The molecule has 0 aliphatic carbocycles. The minimum atomic E-state index is -4.52. The highest BCUT2D eigenvalue weighted by Crippen LogP contribution is 2.32. The van der Waals surface area contributed by atoms with Crippen molar-refractivity contribution < 1.29 is 32.6 Å². The molecule has 7 nitrogen and oxygen atoms in total. The van der Waals surface area contributed by atoms with Gasteiger partial charge in [0.1, 0.15) is 18.1 Å². The number of aliphatic hydroxyl groups excluding tert-OH is 1. The molecule has 0 fully saturated rings. The Labute approximate surface area is 194 Å². The lowest BCUT2D eigenvalue weighted by Gasteiger charge is -2.11. The fraction of sp³-hybridized carbons (Fsp3) is 0.0870. The molecule has 1 aromatic heterocycles. The van der Waals surface area contributed by atoms with Crippen LogP contribution in [0.2, 0.25) is 0 Å². The zero-order valence-electron chi connectivity index (χ0n) is 17.2. The van der Waals surface area contributed by atoms with Crippen LogP contribution < -0.4 is 15.4 Å². The maximum atomic E-state index is 12.9. The molecule has 0 saturated carbocycles. The van der Waals surface area contributed by atoms with Crippen molar-refractivity contribution in [2.75, 3.05) is 17.2 Å². The molecule has 3 aromatic carbocycles. The number of hydrogen-bond donors (Lipinski definition) is 3. The Hall–Kier alpha value is -3.96. The summed E-state index contributed by atoms with van der Waals surface area (Å²) in [6, 6.07) is 15.6. The van der Waals surface area contributed by atoms with Gasteiger partial charge in [-0.05, 0) is 48.5 Å². The molecule has 2 amide bonds. The topological polar surface area (TPSA) is 101 Å². The second-order valence-corrected chi connectivity index (χ2v) is 8.05. The van der Waals surface area contributed by atoms with E-state index in [4.69, 9.17) is 9.84 Å². The van der Waals surface area contributed by atoms with Crippen molar-refractivity contribution in [1.82, 2.24) is 4.98 Å². The number of thiazole rings is 1. The number of benzene rings is 3. The van der Waals surface area contributed by atoms with E-state index in [2.05, 4.69) is 15.6 Å². The van der Waals surface area contributed by atoms with Crippen molar-refractivity contribution in [2.45, 2.75) is 6.18 Å². The highest BCUT2D eigenvalue weighted by molar-refractivity contribution is 7.22. The maximum Gasteiger partial charge on any atom is 0.416 e. The minimum Gasteiger partial charge on any atom is -0.457 e. The first kappa shape index (κ1) is 23.2. The third-order valence-electron chi connectivity index (χ3n) is 4.53. The summed E-state index contributed by atoms with van der Waals surface area (Å²) in [5, 5.41) is 14.1. The average molecular weight is 487 g/mol. The van der Waals surface area contributed by atoms with Crippen LogP contribution in [-0.2, 0) is 11.0 Å². The van der Waals surface area contributed by atoms with Crippen molar-refractivity contribution >= 4 is 44.2 Å². The first-order valence-corrected chi connectivity index (χ1v) is 10.6. The molecule has 0 spiro atoms. The summed E-state index contributed by atoms with van der Waals surface area (Å²) in [6.45, 7) is -0.651. The molecule has 4 rings (SSSR count). The van der Waals surface area contributed by atoms with Crippen LogP contribution in [-0.4, -0.2) is 28.5 Å². The van der Waals surface area contributed by atoms with Crippen LogP contribution in [0.25, 0.3) is 10.2 Å². The van der Waals surface area contributed by atoms with Gasteiger partial charge < -0.3 is 15.2 Å². The van der Waals surface area contributed by atoms with Gasteiger partial charge in [0, 0.05) is 17.3 Å². The molecule has 11 heteroatoms. The quantitative estimate of drug-likeness (QED) is 0.343. The summed E-state index contributed by atoms with van der Waals surface area (Å²) in [7, 11) is 0. The van der Waals surface area contributed by atoms with Gasteiger partial charge in [-0.25, -0.2) is 4.98 Å². The standard InChI is InChI=1S/C23H16F3N3O4S/c24-23(25,26)14-4-2-5-15(10-14)27-21(32)13-3-1-6-16(9-13)33-17-7-8-18-19(11-17)34-22(28-18)29-20(31)12-30/h1-11,30H,12H2,(H,27,32)(H,28,29,31). The van der Waals surface area contributed by atoms with E-state index >= 15 is 0 Å². The summed E-state index contributed by atoms with van der Waals surface area (Å²) >= 11 is 1.20. The summed E-state index contributed by atoms with van der Waals surface area (Å²) in [5.41, 5.74) is -0.0200. The molecule has 4 aromatic rings. The van der Waals surface area contributed by atoms with Crippen LogP contribution in [0.3, 0.4) is 0 Å². The average Bonchev–Trinajstić information content (AvgIpc) is 3.20. The first-order chi connectivity index (χ1) is 16.2. The van der Waals surface area contributed by atoms with Crippen molar-refractivity contribution in [3.63, 3.8) is 0 Å². The SMILES string of the molecule is O=C(CO)Nc1nc2ccc(Oc3cccc(C(=O)Nc4cccc(C(F)(F)F)c4)c3)cc2s1. The van der Waals surface area contributed by atoms with Gasteiger partial charge in [-0.1, -0.05) is 23.5 Å². The van der Waals surface area contributed by atoms with E-state index in [0.717, 1.165) is 16.8 Å². The number of nitrogens with zero attached hydrogens (tertiary/aromatic N) is 1. The number of aliphatic hydroxyl groups is 1. The molecule has 0 radical (unpaired) electrons. The number of nitrogens with one attached hydrogen (secondary N) is 2. The van der Waals surface area contributed by atoms with Gasteiger partial charge >= 0.3 is 6.18 Å². The highest BCUT2D eigenvalue weighted by atomic mass is 32.1. The fourth-order valence-electron chi connectivity index (χ4n) is 2.99. The van der Waals surface area contributed by atoms with E-state index < -0.39 is 30.2 Å². The second kappa shape index (κ2) is 9.49. The molecule has 1 heterocycles. The summed E-state index contributed by atoms with van der Waals surface area (Å²) < 4.78 is 45.2. The molecule has 0 saturated heterocycles. The number of rotatable bonds is 6. The summed E-state index contributed by atoms with van der Waals surface area (Å²) in [4.78, 5) is 28.1. The molecule has 0 aliphatic rings. The number of anilines is 2. The van der Waals surface area contributed by atoms with Gasteiger partial charge in [-0.2, -0.15) is 13.2 Å². The predicted octanol–water partition coefficient (Wildman–Crippen LogP) is 5.29. The maximum absolute atomic E-state index is 12.9. The monoisotopic (exact) mass is 487 g/mol. The van der Waals surface area contributed by atoms with Crippen LogP contribution in [0.5, 0.6) is 11.5 Å². The Morgan fingerprint density at radius 1 is 0.971 bits per heavy atom. The predicted molar refractivity (Wildman–Crippen MR) is 121 cm³/mol. The van der Waals surface area contributed by atoms with E-state index in [-0.39, 0.29) is 11.3 Å². The number of halogens is 3. The Kier molecular flexibility index (Phi) is 6.48. The van der Waals surface area contributed by atoms with E-state index in [1.165, 1.54) is 35.6 Å². The van der Waals surface area contributed by atoms with Crippen LogP contribution >= 0.6 is 11.3 Å². The molecule has 174 valence electrons. The zero-order chi connectivity index (χ0) is 24.3. The molecule has 3 N–H and O–H groups in total. The van der Waals surface area contributed by atoms with Gasteiger partial charge in [0.2, 0.25) is 0 Å². The zero-order valence-corrected chi connectivity index (χ0v) is 18.0. The molecular formula is C23H16F3N3O4S.